The number of pyridine rings is 2. The van der Waals surface area contributed by atoms with E-state index in [1.807, 2.05) is 48.9 Å². The highest BCUT2D eigenvalue weighted by molar-refractivity contribution is 7.99. The van der Waals surface area contributed by atoms with Gasteiger partial charge in [-0.1, -0.05) is 24.3 Å². The number of fused-ring (bicyclic) bond motifs is 1. The number of aldehydes is 1. The summed E-state index contributed by atoms with van der Waals surface area (Å²) in [5.41, 5.74) is 11.1. The number of piperazine rings is 1. The van der Waals surface area contributed by atoms with Gasteiger partial charge in [-0.25, -0.2) is 4.98 Å². The molecule has 3 aromatic rings. The second kappa shape index (κ2) is 35.6. The van der Waals surface area contributed by atoms with Gasteiger partial charge < -0.3 is 55.7 Å². The minimum Gasteiger partial charge on any atom is -0.481 e. The maximum Gasteiger partial charge on any atom is 0.304 e. The number of aliphatic hydroxyl groups is 1. The van der Waals surface area contributed by atoms with Gasteiger partial charge in [0.05, 0.1) is 25.2 Å². The van der Waals surface area contributed by atoms with Gasteiger partial charge in [-0.2, -0.15) is 23.5 Å². The Labute approximate surface area is 460 Å². The monoisotopic (exact) mass is 1090 g/mol. The van der Waals surface area contributed by atoms with Crippen molar-refractivity contribution < 1.29 is 38.9 Å². The summed E-state index contributed by atoms with van der Waals surface area (Å²) in [6.07, 6.45) is 18.8. The van der Waals surface area contributed by atoms with Crippen molar-refractivity contribution >= 4 is 65.5 Å². The molecule has 17 nitrogen and oxygen atoms in total. The molecule has 8 heterocycles. The summed E-state index contributed by atoms with van der Waals surface area (Å²) < 4.78 is 5.61. The summed E-state index contributed by atoms with van der Waals surface area (Å²) in [6.45, 7) is 9.16. The number of thioether (sulfide) groups is 2. The number of carboxylic acid groups (broad SMARTS) is 1. The molecule has 9 rings (SSSR count). The predicted octanol–water partition coefficient (Wildman–Crippen LogP) is 6.30. The van der Waals surface area contributed by atoms with Gasteiger partial charge in [0.25, 0.3) is 0 Å². The van der Waals surface area contributed by atoms with Gasteiger partial charge in [0.2, 0.25) is 18.2 Å². The molecule has 0 aliphatic carbocycles. The summed E-state index contributed by atoms with van der Waals surface area (Å²) in [7, 11) is 4.02. The largest absolute Gasteiger partial charge is 0.481 e. The number of likely N-dealkylation sites (N-methyl/N-ethyl adjacent to an activating group) is 1. The van der Waals surface area contributed by atoms with Gasteiger partial charge in [0.1, 0.15) is 12.1 Å². The number of aromatic nitrogens is 2. The van der Waals surface area contributed by atoms with Crippen LogP contribution in [0.1, 0.15) is 111 Å². The van der Waals surface area contributed by atoms with Crippen LogP contribution in [0.2, 0.25) is 0 Å². The number of aliphatic carboxylic acids is 1. The number of primary amides is 1. The summed E-state index contributed by atoms with van der Waals surface area (Å²) >= 11 is 3.94. The number of carboxylic acids is 1. The zero-order valence-corrected chi connectivity index (χ0v) is 46.9. The summed E-state index contributed by atoms with van der Waals surface area (Å²) in [5, 5.41) is 23.4. The van der Waals surface area contributed by atoms with Gasteiger partial charge >= 0.3 is 5.97 Å². The summed E-state index contributed by atoms with van der Waals surface area (Å²) in [5.74, 6) is 6.20. The van der Waals surface area contributed by atoms with Crippen LogP contribution >= 0.6 is 23.5 Å². The van der Waals surface area contributed by atoms with Gasteiger partial charge in [-0.05, 0) is 154 Å². The van der Waals surface area contributed by atoms with E-state index in [9.17, 15) is 29.1 Å². The highest BCUT2D eigenvalue weighted by atomic mass is 32.2. The van der Waals surface area contributed by atoms with E-state index < -0.39 is 5.97 Å². The third-order valence-corrected chi connectivity index (χ3v) is 16.8. The third-order valence-electron chi connectivity index (χ3n) is 14.7. The van der Waals surface area contributed by atoms with Crippen LogP contribution < -0.4 is 21.3 Å². The van der Waals surface area contributed by atoms with E-state index >= 15 is 0 Å². The maximum atomic E-state index is 11.8. The molecule has 76 heavy (non-hydrogen) atoms. The van der Waals surface area contributed by atoms with E-state index in [0.29, 0.717) is 50.3 Å². The predicted molar refractivity (Wildman–Crippen MR) is 306 cm³/mol. The van der Waals surface area contributed by atoms with E-state index in [0.717, 1.165) is 133 Å². The lowest BCUT2D eigenvalue weighted by molar-refractivity contribution is -0.137. The zero-order valence-electron chi connectivity index (χ0n) is 45.2. The Morgan fingerprint density at radius 3 is 2.34 bits per heavy atom. The first kappa shape index (κ1) is 62.1. The van der Waals surface area contributed by atoms with Crippen molar-refractivity contribution in [3.8, 4) is 0 Å². The van der Waals surface area contributed by atoms with Crippen LogP contribution in [0.15, 0.2) is 60.9 Å². The van der Waals surface area contributed by atoms with E-state index in [2.05, 4.69) is 73.8 Å². The molecule has 6 aliphatic rings. The molecule has 19 heteroatoms. The van der Waals surface area contributed by atoms with Crippen molar-refractivity contribution in [1.82, 2.24) is 30.0 Å². The number of anilines is 2. The fraction of sp³-hybridized carbons (Fsp3) is 0.632. The molecule has 0 radical (unpaired) electrons. The molecule has 1 aromatic carbocycles. The molecule has 0 bridgehead atoms. The molecule has 3 unspecified atom stereocenters. The van der Waals surface area contributed by atoms with Crippen LogP contribution in [0.25, 0.3) is 0 Å². The smallest absolute Gasteiger partial charge is 0.304 e. The fourth-order valence-corrected chi connectivity index (χ4v) is 12.3. The highest BCUT2D eigenvalue weighted by Gasteiger charge is 2.29. The molecule has 0 saturated carbocycles. The zero-order chi connectivity index (χ0) is 54.3. The Bertz CT molecular complexity index is 2160. The minimum atomic E-state index is -0.715. The van der Waals surface area contributed by atoms with Crippen LogP contribution in [0, 0.1) is 11.8 Å². The number of rotatable bonds is 19. The number of amides is 3. The molecule has 5 fully saturated rings. The first-order valence-corrected chi connectivity index (χ1v) is 29.9. The standard InChI is InChI=1S/C29H41N5O2.C10H12N2O.C9H17NO2S.C6H10OS.C3H7NO2/c1-32-14-16-34(17-15-32)27-6-2-4-24(18-27)25(19-28(35)36)21-33-13-11-22(20-33)7-9-26-10-8-23-5-3-12-30-29(23)31-26;1-12-9(4-5-10(12)13)8-3-2-6-11-7-8;10-9(11)2-1-5-12-8-3-6-13-7-4-8;7-5-6-1-3-8-4-2-6;5-2-1-4-3-6/h2,4,6,8,10,18,22,25H,3,5,7,9,11-17,19-21H2,1H3,(H,30,31)(H,35,36);2-3,6-7,9H,4-5H2,1H3;8H,1-7H2,(H2,10,11);5-6H,1-4H2;3,5H,1-2H2,(H,4,6). The number of nitrogens with two attached hydrogens (primary N) is 1. The Morgan fingerprint density at radius 2 is 1.71 bits per heavy atom. The number of carbonyl (C=O) groups excluding carboxylic acids is 4. The number of carbonyl (C=O) groups is 5. The summed E-state index contributed by atoms with van der Waals surface area (Å²) in [6, 6.07) is 17.2. The van der Waals surface area contributed by atoms with Crippen LogP contribution in [-0.2, 0) is 41.6 Å². The first-order chi connectivity index (χ1) is 37.0. The van der Waals surface area contributed by atoms with Gasteiger partial charge in [-0.3, -0.25) is 24.2 Å². The van der Waals surface area contributed by atoms with Crippen molar-refractivity contribution in [2.45, 2.75) is 108 Å². The first-order valence-electron chi connectivity index (χ1n) is 27.6. The maximum absolute atomic E-state index is 11.8. The molecule has 6 N–H and O–H groups in total. The number of benzene rings is 1. The molecule has 6 aliphatic heterocycles. The third kappa shape index (κ3) is 23.0. The lowest BCUT2D eigenvalue weighted by atomic mass is 9.94. The number of aliphatic hydroxyl groups excluding tert-OH is 1. The van der Waals surface area contributed by atoms with Crippen molar-refractivity contribution in [1.29, 1.82) is 0 Å². The number of nitrogens with one attached hydrogen (secondary N) is 2. The average molecular weight is 1090 g/mol. The van der Waals surface area contributed by atoms with Crippen LogP contribution in [0.3, 0.4) is 0 Å². The Morgan fingerprint density at radius 1 is 0.947 bits per heavy atom. The van der Waals surface area contributed by atoms with Crippen LogP contribution in [-0.4, -0.2) is 181 Å². The molecule has 3 atom stereocenters. The van der Waals surface area contributed by atoms with Crippen LogP contribution in [0.4, 0.5) is 11.5 Å². The Kier molecular flexibility index (Phi) is 29.1. The van der Waals surface area contributed by atoms with E-state index in [-0.39, 0.29) is 36.8 Å². The number of likely N-dealkylation sites (tertiary alicyclic amines) is 2. The van der Waals surface area contributed by atoms with Crippen LogP contribution in [0.5, 0.6) is 0 Å². The van der Waals surface area contributed by atoms with E-state index in [4.69, 9.17) is 20.6 Å². The normalized spacial score (nSPS) is 20.3. The Hall–Kier alpha value is -4.79. The Balaban J connectivity index is 0.000000216. The molecule has 3 amide bonds. The number of nitrogens with zero attached hydrogens (tertiary/aromatic N) is 6. The lowest BCUT2D eigenvalue weighted by Gasteiger charge is -2.34. The van der Waals surface area contributed by atoms with Crippen molar-refractivity contribution in [2.24, 2.45) is 17.6 Å². The van der Waals surface area contributed by atoms with Gasteiger partial charge in [-0.15, -0.1) is 0 Å². The highest BCUT2D eigenvalue weighted by Crippen LogP contribution is 2.32. The minimum absolute atomic E-state index is 0.0126. The number of hydrogen-bond acceptors (Lipinski definition) is 15. The second-order valence-electron chi connectivity index (χ2n) is 20.5. The SMILES string of the molecule is CN1C(=O)CCC1c1cccnc1.CN1CCN(c2cccc(C(CC(=O)O)CN3CCC(CCc4ccc5c(n4)NCCC5)C3)c2)CC1.NC(=O)CCCOC1CCSCC1.O=CC1CCSCC1.O=CNCCO. The van der Waals surface area contributed by atoms with Crippen molar-refractivity contribution in [2.75, 3.05) is 119 Å². The second-order valence-corrected chi connectivity index (χ2v) is 22.9. The molecule has 2 aromatic heterocycles. The molecular formula is C57H87N9O8S2. The number of hydrogen-bond donors (Lipinski definition) is 5. The molecule has 420 valence electrons. The number of aryl methyl sites for hydroxylation is 2. The van der Waals surface area contributed by atoms with Crippen molar-refractivity contribution in [3.63, 3.8) is 0 Å². The molecule has 5 saturated heterocycles. The summed E-state index contributed by atoms with van der Waals surface area (Å²) in [4.78, 5) is 70.9. The fourth-order valence-electron chi connectivity index (χ4n) is 10.1. The van der Waals surface area contributed by atoms with Gasteiger partial charge in [0, 0.05) is 114 Å². The lowest BCUT2D eigenvalue weighted by Crippen LogP contribution is -2.44. The molecule has 0 spiro atoms. The average Bonchev–Trinajstić information content (AvgIpc) is 4.06. The van der Waals surface area contributed by atoms with E-state index in [1.165, 1.54) is 52.8 Å². The quantitative estimate of drug-likeness (QED) is 0.0657. The number of ether oxygens (including phenoxy) is 1. The van der Waals surface area contributed by atoms with Crippen molar-refractivity contribution in [3.05, 3.63) is 83.3 Å². The van der Waals surface area contributed by atoms with E-state index in [1.54, 1.807) is 11.1 Å². The van der Waals surface area contributed by atoms with Gasteiger partial charge in [0.15, 0.2) is 0 Å². The molecular weight excluding hydrogens is 1000 g/mol. The topological polar surface area (TPSA) is 224 Å².